The largest absolute Gasteiger partial charge is 0.378 e. The average Bonchev–Trinajstić information content (AvgIpc) is 2.64. The molecule has 2 N–H and O–H groups in total. The van der Waals surface area contributed by atoms with Crippen LogP contribution >= 0.6 is 0 Å². The van der Waals surface area contributed by atoms with Crippen LogP contribution in [0.2, 0.25) is 0 Å². The van der Waals surface area contributed by atoms with Crippen LogP contribution in [0.1, 0.15) is 12.5 Å². The van der Waals surface area contributed by atoms with Crippen LogP contribution in [0.15, 0.2) is 23.2 Å². The van der Waals surface area contributed by atoms with Gasteiger partial charge in [-0.25, -0.2) is 9.38 Å². The number of halogens is 1. The monoisotopic (exact) mass is 365 g/mol. The second-order valence-electron chi connectivity index (χ2n) is 6.22. The van der Waals surface area contributed by atoms with Crippen molar-refractivity contribution in [1.29, 1.82) is 0 Å². The Hall–Kier alpha value is -2.35. The fourth-order valence-electron chi connectivity index (χ4n) is 2.54. The van der Waals surface area contributed by atoms with E-state index in [9.17, 15) is 9.18 Å². The Balaban J connectivity index is 1.99. The zero-order valence-corrected chi connectivity index (χ0v) is 15.7. The number of amides is 1. The minimum atomic E-state index is -0.250. The maximum atomic E-state index is 14.4. The molecular weight excluding hydrogens is 337 g/mol. The normalized spacial score (nSPS) is 14.9. The van der Waals surface area contributed by atoms with E-state index in [1.807, 2.05) is 17.9 Å². The molecule has 1 saturated heterocycles. The molecule has 1 aliphatic rings. The van der Waals surface area contributed by atoms with Gasteiger partial charge in [0.25, 0.3) is 0 Å². The molecule has 0 atom stereocenters. The Morgan fingerprint density at radius 3 is 2.65 bits per heavy atom. The molecule has 1 aromatic carbocycles. The molecule has 0 unspecified atom stereocenters. The highest BCUT2D eigenvalue weighted by Gasteiger charge is 2.15. The van der Waals surface area contributed by atoms with Crippen LogP contribution in [0.3, 0.4) is 0 Å². The molecule has 144 valence electrons. The SMILES string of the molecule is CCNC(=NCc1ccc(N2CCOCC2)c(F)c1)NCC(=O)N(C)C. The molecule has 1 fully saturated rings. The number of likely N-dealkylation sites (N-methyl/N-ethyl adjacent to an activating group) is 1. The number of aliphatic imine (C=N–C) groups is 1. The van der Waals surface area contributed by atoms with Crippen LogP contribution in [0.5, 0.6) is 0 Å². The molecule has 0 saturated carbocycles. The van der Waals surface area contributed by atoms with E-state index in [1.54, 1.807) is 20.2 Å². The topological polar surface area (TPSA) is 69.2 Å². The van der Waals surface area contributed by atoms with Gasteiger partial charge in [0, 0.05) is 33.7 Å². The van der Waals surface area contributed by atoms with Crippen LogP contribution in [-0.4, -0.2) is 70.3 Å². The summed E-state index contributed by atoms with van der Waals surface area (Å²) >= 11 is 0. The standard InChI is InChI=1S/C18H28FN5O2/c1-4-20-18(22-13-17(25)23(2)3)21-12-14-5-6-16(15(19)11-14)24-7-9-26-10-8-24/h5-6,11H,4,7-10,12-13H2,1-3H3,(H2,20,21,22). The molecule has 26 heavy (non-hydrogen) atoms. The molecule has 0 aliphatic carbocycles. The Morgan fingerprint density at radius 2 is 2.04 bits per heavy atom. The van der Waals surface area contributed by atoms with Crippen LogP contribution in [-0.2, 0) is 16.1 Å². The molecule has 8 heteroatoms. The molecular formula is C18H28FN5O2. The third-order valence-electron chi connectivity index (χ3n) is 4.03. The molecule has 0 aromatic heterocycles. The number of nitrogens with zero attached hydrogens (tertiary/aromatic N) is 3. The first-order valence-electron chi connectivity index (χ1n) is 8.84. The van der Waals surface area contributed by atoms with E-state index >= 15 is 0 Å². The number of carbonyl (C=O) groups excluding carboxylic acids is 1. The zero-order valence-electron chi connectivity index (χ0n) is 15.7. The van der Waals surface area contributed by atoms with Crippen molar-refractivity contribution < 1.29 is 13.9 Å². The first-order chi connectivity index (χ1) is 12.5. The Labute approximate surface area is 154 Å². The molecule has 1 aromatic rings. The van der Waals surface area contributed by atoms with Gasteiger partial charge in [0.1, 0.15) is 5.82 Å². The van der Waals surface area contributed by atoms with Gasteiger partial charge in [-0.2, -0.15) is 0 Å². The summed E-state index contributed by atoms with van der Waals surface area (Å²) in [5.41, 5.74) is 1.37. The first kappa shape index (κ1) is 20.0. The Morgan fingerprint density at radius 1 is 1.31 bits per heavy atom. The van der Waals surface area contributed by atoms with Gasteiger partial charge >= 0.3 is 0 Å². The maximum absolute atomic E-state index is 14.4. The Bertz CT molecular complexity index is 630. The van der Waals surface area contributed by atoms with Gasteiger partial charge in [-0.05, 0) is 24.6 Å². The lowest BCUT2D eigenvalue weighted by Crippen LogP contribution is -2.42. The third kappa shape index (κ3) is 5.87. The van der Waals surface area contributed by atoms with Gasteiger partial charge in [0.15, 0.2) is 5.96 Å². The van der Waals surface area contributed by atoms with Crippen molar-refractivity contribution in [1.82, 2.24) is 15.5 Å². The average molecular weight is 365 g/mol. The number of benzene rings is 1. The number of hydrogen-bond acceptors (Lipinski definition) is 4. The van der Waals surface area contributed by atoms with Gasteiger partial charge in [0.2, 0.25) is 5.91 Å². The van der Waals surface area contributed by atoms with E-state index in [0.29, 0.717) is 51.0 Å². The van der Waals surface area contributed by atoms with Crippen molar-refractivity contribution in [3.05, 3.63) is 29.6 Å². The molecule has 7 nitrogen and oxygen atoms in total. The lowest BCUT2D eigenvalue weighted by Gasteiger charge is -2.29. The highest BCUT2D eigenvalue weighted by atomic mass is 19.1. The number of morpholine rings is 1. The van der Waals surface area contributed by atoms with E-state index in [0.717, 1.165) is 5.56 Å². The van der Waals surface area contributed by atoms with Gasteiger partial charge in [-0.3, -0.25) is 4.79 Å². The summed E-state index contributed by atoms with van der Waals surface area (Å²) in [6.07, 6.45) is 0. The second kappa shape index (κ2) is 9.96. The molecule has 1 amide bonds. The smallest absolute Gasteiger partial charge is 0.241 e. The fraction of sp³-hybridized carbons (Fsp3) is 0.556. The van der Waals surface area contributed by atoms with E-state index in [2.05, 4.69) is 15.6 Å². The number of guanidine groups is 1. The minimum Gasteiger partial charge on any atom is -0.378 e. The van der Waals surface area contributed by atoms with Crippen molar-refractivity contribution >= 4 is 17.6 Å². The number of rotatable bonds is 6. The highest BCUT2D eigenvalue weighted by molar-refractivity contribution is 5.86. The number of nitrogens with one attached hydrogen (secondary N) is 2. The number of carbonyl (C=O) groups is 1. The first-order valence-corrected chi connectivity index (χ1v) is 8.84. The molecule has 1 heterocycles. The summed E-state index contributed by atoms with van der Waals surface area (Å²) in [5.74, 6) is 0.234. The number of hydrogen-bond donors (Lipinski definition) is 2. The zero-order chi connectivity index (χ0) is 18.9. The van der Waals surface area contributed by atoms with Crippen molar-refractivity contribution in [2.45, 2.75) is 13.5 Å². The van der Waals surface area contributed by atoms with Gasteiger partial charge in [-0.15, -0.1) is 0 Å². The summed E-state index contributed by atoms with van der Waals surface area (Å²) in [4.78, 5) is 19.6. The van der Waals surface area contributed by atoms with Gasteiger partial charge in [0.05, 0.1) is 32.0 Å². The van der Waals surface area contributed by atoms with Crippen molar-refractivity contribution in [2.24, 2.45) is 4.99 Å². The second-order valence-corrected chi connectivity index (χ2v) is 6.22. The van der Waals surface area contributed by atoms with E-state index in [1.165, 1.54) is 11.0 Å². The maximum Gasteiger partial charge on any atom is 0.241 e. The van der Waals surface area contributed by atoms with Gasteiger partial charge < -0.3 is 25.2 Å². The van der Waals surface area contributed by atoms with Crippen LogP contribution in [0.25, 0.3) is 0 Å². The van der Waals surface area contributed by atoms with Crippen LogP contribution < -0.4 is 15.5 Å². The lowest BCUT2D eigenvalue weighted by molar-refractivity contribution is -0.127. The summed E-state index contributed by atoms with van der Waals surface area (Å²) in [6, 6.07) is 5.19. The molecule has 2 rings (SSSR count). The molecule has 0 spiro atoms. The van der Waals surface area contributed by atoms with Crippen molar-refractivity contribution in [2.75, 3.05) is 58.4 Å². The number of anilines is 1. The Kier molecular flexibility index (Phi) is 7.65. The van der Waals surface area contributed by atoms with Crippen molar-refractivity contribution in [3.63, 3.8) is 0 Å². The fourth-order valence-corrected chi connectivity index (χ4v) is 2.54. The summed E-state index contributed by atoms with van der Waals surface area (Å²) < 4.78 is 19.7. The van der Waals surface area contributed by atoms with E-state index in [4.69, 9.17) is 4.74 Å². The van der Waals surface area contributed by atoms with E-state index < -0.39 is 0 Å². The van der Waals surface area contributed by atoms with Crippen LogP contribution in [0.4, 0.5) is 10.1 Å². The summed E-state index contributed by atoms with van der Waals surface area (Å²) in [5, 5.41) is 6.06. The molecule has 1 aliphatic heterocycles. The predicted molar refractivity (Wildman–Crippen MR) is 101 cm³/mol. The third-order valence-corrected chi connectivity index (χ3v) is 4.03. The van der Waals surface area contributed by atoms with Crippen LogP contribution in [0, 0.1) is 5.82 Å². The highest BCUT2D eigenvalue weighted by Crippen LogP contribution is 2.21. The van der Waals surface area contributed by atoms with E-state index in [-0.39, 0.29) is 18.3 Å². The predicted octanol–water partition coefficient (Wildman–Crippen LogP) is 0.806. The van der Waals surface area contributed by atoms with Gasteiger partial charge in [-0.1, -0.05) is 6.07 Å². The van der Waals surface area contributed by atoms with Crippen molar-refractivity contribution in [3.8, 4) is 0 Å². The molecule has 0 bridgehead atoms. The summed E-state index contributed by atoms with van der Waals surface area (Å²) in [7, 11) is 3.40. The minimum absolute atomic E-state index is 0.0449. The quantitative estimate of drug-likeness (QED) is 0.577. The number of ether oxygens (including phenoxy) is 1. The molecule has 0 radical (unpaired) electrons. The lowest BCUT2D eigenvalue weighted by atomic mass is 10.1. The summed E-state index contributed by atoms with van der Waals surface area (Å²) in [6.45, 7) is 5.73.